The standard InChI is InChI=1S/C12H20F3N3O/c1-3-11(9-19,16-2)6-4-7-18-8-5-10(17-18)12(13,14)15/h5,8,16,19H,3-4,6-7,9H2,1-2H3. The summed E-state index contributed by atoms with van der Waals surface area (Å²) in [6, 6.07) is 0.969. The van der Waals surface area contributed by atoms with E-state index >= 15 is 0 Å². The van der Waals surface area contributed by atoms with E-state index in [2.05, 4.69) is 10.4 Å². The van der Waals surface area contributed by atoms with Crippen molar-refractivity contribution >= 4 is 0 Å². The molecule has 1 aromatic heterocycles. The lowest BCUT2D eigenvalue weighted by Crippen LogP contribution is -2.46. The molecule has 0 bridgehead atoms. The molecule has 0 amide bonds. The highest BCUT2D eigenvalue weighted by Crippen LogP contribution is 2.27. The number of alkyl halides is 3. The first-order chi connectivity index (χ1) is 8.87. The highest BCUT2D eigenvalue weighted by atomic mass is 19.4. The number of aliphatic hydroxyl groups is 1. The van der Waals surface area contributed by atoms with Crippen molar-refractivity contribution in [3.63, 3.8) is 0 Å². The number of aromatic nitrogens is 2. The van der Waals surface area contributed by atoms with Gasteiger partial charge in [0.15, 0.2) is 5.69 Å². The third kappa shape index (κ3) is 4.21. The van der Waals surface area contributed by atoms with Crippen LogP contribution in [-0.2, 0) is 12.7 Å². The van der Waals surface area contributed by atoms with Gasteiger partial charge < -0.3 is 10.4 Å². The van der Waals surface area contributed by atoms with E-state index in [1.807, 2.05) is 6.92 Å². The zero-order chi connectivity index (χ0) is 14.5. The Labute approximate surface area is 110 Å². The fraction of sp³-hybridized carbons (Fsp3) is 0.750. The average molecular weight is 279 g/mol. The Balaban J connectivity index is 2.51. The van der Waals surface area contributed by atoms with Crippen LogP contribution in [0.3, 0.4) is 0 Å². The van der Waals surface area contributed by atoms with E-state index in [-0.39, 0.29) is 12.1 Å². The summed E-state index contributed by atoms with van der Waals surface area (Å²) in [5.41, 5.74) is -1.23. The van der Waals surface area contributed by atoms with Crippen LogP contribution in [0, 0.1) is 0 Å². The van der Waals surface area contributed by atoms with Gasteiger partial charge in [0.2, 0.25) is 0 Å². The molecule has 0 radical (unpaired) electrons. The number of hydrogen-bond acceptors (Lipinski definition) is 3. The Bertz CT molecular complexity index is 378. The maximum absolute atomic E-state index is 12.4. The van der Waals surface area contributed by atoms with Gasteiger partial charge in [0.1, 0.15) is 0 Å². The topological polar surface area (TPSA) is 50.1 Å². The number of halogens is 3. The second-order valence-electron chi connectivity index (χ2n) is 4.61. The van der Waals surface area contributed by atoms with Crippen molar-refractivity contribution < 1.29 is 18.3 Å². The molecule has 4 nitrogen and oxygen atoms in total. The Morgan fingerprint density at radius 3 is 2.53 bits per heavy atom. The Morgan fingerprint density at radius 2 is 2.11 bits per heavy atom. The Hall–Kier alpha value is -1.08. The second-order valence-corrected chi connectivity index (χ2v) is 4.61. The molecule has 1 atom stereocenters. The van der Waals surface area contributed by atoms with Crippen molar-refractivity contribution in [2.45, 2.75) is 44.4 Å². The maximum Gasteiger partial charge on any atom is 0.435 e. The number of nitrogens with one attached hydrogen (secondary N) is 1. The molecule has 0 spiro atoms. The monoisotopic (exact) mass is 279 g/mol. The van der Waals surface area contributed by atoms with Crippen LogP contribution < -0.4 is 5.32 Å². The number of aliphatic hydroxyl groups excluding tert-OH is 1. The highest BCUT2D eigenvalue weighted by Gasteiger charge is 2.33. The molecule has 0 fully saturated rings. The summed E-state index contributed by atoms with van der Waals surface area (Å²) < 4.78 is 38.4. The van der Waals surface area contributed by atoms with Crippen molar-refractivity contribution in [1.29, 1.82) is 0 Å². The van der Waals surface area contributed by atoms with Gasteiger partial charge in [-0.15, -0.1) is 0 Å². The lowest BCUT2D eigenvalue weighted by atomic mass is 9.91. The van der Waals surface area contributed by atoms with E-state index in [1.54, 1.807) is 7.05 Å². The molecule has 0 aliphatic carbocycles. The molecule has 1 aromatic rings. The van der Waals surface area contributed by atoms with E-state index < -0.39 is 11.9 Å². The molecule has 1 heterocycles. The number of hydrogen-bond donors (Lipinski definition) is 2. The molecule has 0 aliphatic rings. The van der Waals surface area contributed by atoms with Gasteiger partial charge in [0, 0.05) is 18.3 Å². The molecule has 110 valence electrons. The van der Waals surface area contributed by atoms with Gasteiger partial charge in [-0.2, -0.15) is 18.3 Å². The van der Waals surface area contributed by atoms with E-state index in [0.717, 1.165) is 12.5 Å². The lowest BCUT2D eigenvalue weighted by molar-refractivity contribution is -0.141. The average Bonchev–Trinajstić information content (AvgIpc) is 2.84. The van der Waals surface area contributed by atoms with Crippen molar-refractivity contribution in [3.05, 3.63) is 18.0 Å². The molecule has 7 heteroatoms. The molecular formula is C12H20F3N3O. The van der Waals surface area contributed by atoms with Crippen LogP contribution in [0.25, 0.3) is 0 Å². The number of rotatable bonds is 7. The number of aryl methyl sites for hydroxylation is 1. The van der Waals surface area contributed by atoms with Crippen LogP contribution in [0.1, 0.15) is 31.9 Å². The van der Waals surface area contributed by atoms with Crippen molar-refractivity contribution in [1.82, 2.24) is 15.1 Å². The Morgan fingerprint density at radius 1 is 1.42 bits per heavy atom. The third-order valence-electron chi connectivity index (χ3n) is 3.48. The number of nitrogens with zero attached hydrogens (tertiary/aromatic N) is 2. The van der Waals surface area contributed by atoms with Gasteiger partial charge in [-0.05, 0) is 32.4 Å². The summed E-state index contributed by atoms with van der Waals surface area (Å²) in [6.45, 7) is 2.37. The van der Waals surface area contributed by atoms with Gasteiger partial charge in [-0.3, -0.25) is 4.68 Å². The molecule has 1 unspecified atom stereocenters. The zero-order valence-electron chi connectivity index (χ0n) is 11.2. The molecule has 0 aromatic carbocycles. The van der Waals surface area contributed by atoms with Crippen molar-refractivity contribution in [3.8, 4) is 0 Å². The largest absolute Gasteiger partial charge is 0.435 e. The van der Waals surface area contributed by atoms with Gasteiger partial charge in [0.25, 0.3) is 0 Å². The van der Waals surface area contributed by atoms with Gasteiger partial charge in [-0.1, -0.05) is 6.92 Å². The summed E-state index contributed by atoms with van der Waals surface area (Å²) in [4.78, 5) is 0. The summed E-state index contributed by atoms with van der Waals surface area (Å²) in [5.74, 6) is 0. The second kappa shape index (κ2) is 6.38. The molecule has 1 rings (SSSR count). The van der Waals surface area contributed by atoms with Crippen LogP contribution in [0.5, 0.6) is 0 Å². The lowest BCUT2D eigenvalue weighted by Gasteiger charge is -2.30. The molecule has 0 saturated heterocycles. The molecule has 0 saturated carbocycles. The van der Waals surface area contributed by atoms with Gasteiger partial charge >= 0.3 is 6.18 Å². The smallest absolute Gasteiger partial charge is 0.394 e. The van der Waals surface area contributed by atoms with E-state index in [1.165, 1.54) is 10.9 Å². The normalized spacial score (nSPS) is 15.5. The SMILES string of the molecule is CCC(CO)(CCCn1ccc(C(F)(F)F)n1)NC. The first-order valence-corrected chi connectivity index (χ1v) is 6.27. The minimum absolute atomic E-state index is 0.00685. The minimum atomic E-state index is -4.39. The maximum atomic E-state index is 12.4. The highest BCUT2D eigenvalue weighted by molar-refractivity contribution is 5.03. The Kier molecular flexibility index (Phi) is 5.37. The first kappa shape index (κ1) is 16.0. The first-order valence-electron chi connectivity index (χ1n) is 6.27. The van der Waals surface area contributed by atoms with Gasteiger partial charge in [-0.25, -0.2) is 0 Å². The fourth-order valence-electron chi connectivity index (χ4n) is 1.97. The quantitative estimate of drug-likeness (QED) is 0.803. The van der Waals surface area contributed by atoms with Crippen LogP contribution in [0.2, 0.25) is 0 Å². The summed E-state index contributed by atoms with van der Waals surface area (Å²) in [5, 5.41) is 15.9. The van der Waals surface area contributed by atoms with Crippen LogP contribution >= 0.6 is 0 Å². The predicted molar refractivity (Wildman–Crippen MR) is 65.6 cm³/mol. The molecule has 2 N–H and O–H groups in total. The van der Waals surface area contributed by atoms with Crippen LogP contribution in [0.4, 0.5) is 13.2 Å². The van der Waals surface area contributed by atoms with E-state index in [0.29, 0.717) is 19.4 Å². The van der Waals surface area contributed by atoms with Crippen LogP contribution in [0.15, 0.2) is 12.3 Å². The summed E-state index contributed by atoms with van der Waals surface area (Å²) >= 11 is 0. The fourth-order valence-corrected chi connectivity index (χ4v) is 1.97. The van der Waals surface area contributed by atoms with E-state index in [9.17, 15) is 18.3 Å². The summed E-state index contributed by atoms with van der Waals surface area (Å²) in [7, 11) is 1.77. The van der Waals surface area contributed by atoms with Crippen molar-refractivity contribution in [2.75, 3.05) is 13.7 Å². The number of likely N-dealkylation sites (N-methyl/N-ethyl adjacent to an activating group) is 1. The minimum Gasteiger partial charge on any atom is -0.394 e. The zero-order valence-corrected chi connectivity index (χ0v) is 11.2. The molecular weight excluding hydrogens is 259 g/mol. The third-order valence-corrected chi connectivity index (χ3v) is 3.48. The molecule has 0 aliphatic heterocycles. The van der Waals surface area contributed by atoms with Crippen molar-refractivity contribution in [2.24, 2.45) is 0 Å². The summed E-state index contributed by atoms with van der Waals surface area (Å²) in [6.07, 6.45) is -0.984. The molecule has 19 heavy (non-hydrogen) atoms. The van der Waals surface area contributed by atoms with E-state index in [4.69, 9.17) is 0 Å². The predicted octanol–water partition coefficient (Wildman–Crippen LogP) is 2.04. The van der Waals surface area contributed by atoms with Crippen LogP contribution in [-0.4, -0.2) is 34.1 Å². The van der Waals surface area contributed by atoms with Gasteiger partial charge in [0.05, 0.1) is 6.61 Å².